The van der Waals surface area contributed by atoms with Crippen LogP contribution in [0.15, 0.2) is 59.5 Å². The lowest BCUT2D eigenvalue weighted by atomic mass is 10.1. The molecule has 0 aliphatic heterocycles. The quantitative estimate of drug-likeness (QED) is 0.691. The van der Waals surface area contributed by atoms with Crippen LogP contribution in [0.25, 0.3) is 11.3 Å². The van der Waals surface area contributed by atoms with Crippen molar-refractivity contribution in [2.75, 3.05) is 7.11 Å². The number of rotatable bonds is 6. The molecule has 28 heavy (non-hydrogen) atoms. The minimum absolute atomic E-state index is 0.0851. The van der Waals surface area contributed by atoms with Gasteiger partial charge in [-0.3, -0.25) is 14.6 Å². The topological polar surface area (TPSA) is 84.1 Å². The second kappa shape index (κ2) is 8.52. The van der Waals surface area contributed by atoms with Gasteiger partial charge in [0.15, 0.2) is 0 Å². The highest BCUT2D eigenvalue weighted by Crippen LogP contribution is 2.19. The number of ether oxygens (including phenoxy) is 1. The summed E-state index contributed by atoms with van der Waals surface area (Å²) in [6, 6.07) is 14.3. The molecule has 1 amide bonds. The first-order valence-corrected chi connectivity index (χ1v) is 9.07. The van der Waals surface area contributed by atoms with Gasteiger partial charge >= 0.3 is 0 Å². The highest BCUT2D eigenvalue weighted by Gasteiger charge is 2.15. The van der Waals surface area contributed by atoms with E-state index in [2.05, 4.69) is 15.3 Å². The van der Waals surface area contributed by atoms with Crippen LogP contribution in [0.2, 0.25) is 0 Å². The fraction of sp³-hybridized carbons (Fsp3) is 0.227. The maximum atomic E-state index is 12.5. The zero-order valence-corrected chi connectivity index (χ0v) is 16.2. The number of nitrogens with zero attached hydrogens (tertiary/aromatic N) is 1. The Labute approximate surface area is 163 Å². The molecule has 6 heteroatoms. The van der Waals surface area contributed by atoms with Gasteiger partial charge in [0, 0.05) is 30.0 Å². The van der Waals surface area contributed by atoms with Gasteiger partial charge in [-0.25, -0.2) is 0 Å². The lowest BCUT2D eigenvalue weighted by Crippen LogP contribution is -2.37. The number of aryl methyl sites for hydroxylation is 1. The Morgan fingerprint density at radius 2 is 1.93 bits per heavy atom. The number of aromatic amines is 1. The van der Waals surface area contributed by atoms with Gasteiger partial charge in [-0.2, -0.15) is 0 Å². The number of aromatic nitrogens is 2. The molecule has 0 radical (unpaired) electrons. The molecular formula is C22H23N3O3. The van der Waals surface area contributed by atoms with Gasteiger partial charge in [0.25, 0.3) is 11.5 Å². The van der Waals surface area contributed by atoms with E-state index < -0.39 is 11.5 Å². The van der Waals surface area contributed by atoms with Crippen molar-refractivity contribution in [3.8, 4) is 17.0 Å². The number of amides is 1. The summed E-state index contributed by atoms with van der Waals surface area (Å²) in [4.78, 5) is 32.1. The molecule has 1 aromatic carbocycles. The van der Waals surface area contributed by atoms with Crippen molar-refractivity contribution in [3.63, 3.8) is 0 Å². The molecule has 3 aromatic rings. The molecule has 144 valence electrons. The number of carbonyl (C=O) groups excluding carboxylic acids is 1. The van der Waals surface area contributed by atoms with E-state index in [1.807, 2.05) is 50.2 Å². The van der Waals surface area contributed by atoms with Gasteiger partial charge < -0.3 is 15.0 Å². The number of methoxy groups -OCH3 is 1. The number of carbonyl (C=O) groups is 1. The van der Waals surface area contributed by atoms with Gasteiger partial charge in [-0.05, 0) is 67.4 Å². The van der Waals surface area contributed by atoms with E-state index in [0.29, 0.717) is 12.1 Å². The molecule has 2 N–H and O–H groups in total. The summed E-state index contributed by atoms with van der Waals surface area (Å²) in [5, 5.41) is 2.87. The fourth-order valence-electron chi connectivity index (χ4n) is 2.97. The molecule has 0 saturated carbocycles. The third-order valence-corrected chi connectivity index (χ3v) is 4.55. The Morgan fingerprint density at radius 3 is 2.57 bits per heavy atom. The van der Waals surface area contributed by atoms with Gasteiger partial charge in [0.1, 0.15) is 11.3 Å². The molecule has 1 unspecified atom stereocenters. The first kappa shape index (κ1) is 19.4. The van der Waals surface area contributed by atoms with E-state index >= 15 is 0 Å². The molecule has 6 nitrogen and oxygen atoms in total. The summed E-state index contributed by atoms with van der Waals surface area (Å²) >= 11 is 0. The third-order valence-electron chi connectivity index (χ3n) is 4.55. The van der Waals surface area contributed by atoms with E-state index in [1.54, 1.807) is 25.4 Å². The Bertz CT molecular complexity index is 1030. The number of pyridine rings is 2. The van der Waals surface area contributed by atoms with Crippen molar-refractivity contribution in [2.24, 2.45) is 0 Å². The van der Waals surface area contributed by atoms with Crippen molar-refractivity contribution >= 4 is 5.91 Å². The van der Waals surface area contributed by atoms with Crippen LogP contribution >= 0.6 is 0 Å². The lowest BCUT2D eigenvalue weighted by molar-refractivity contribution is 0.0938. The van der Waals surface area contributed by atoms with Crippen LogP contribution in [0, 0.1) is 6.92 Å². The lowest BCUT2D eigenvalue weighted by Gasteiger charge is -2.14. The summed E-state index contributed by atoms with van der Waals surface area (Å²) in [7, 11) is 1.60. The van der Waals surface area contributed by atoms with E-state index in [-0.39, 0.29) is 11.6 Å². The molecule has 0 fully saturated rings. The van der Waals surface area contributed by atoms with Crippen molar-refractivity contribution in [2.45, 2.75) is 26.3 Å². The van der Waals surface area contributed by atoms with Crippen LogP contribution in [0.4, 0.5) is 0 Å². The van der Waals surface area contributed by atoms with Gasteiger partial charge in [-0.1, -0.05) is 6.07 Å². The van der Waals surface area contributed by atoms with Crippen LogP contribution in [-0.4, -0.2) is 29.0 Å². The SMILES string of the molecule is COc1ccc(-c2ccc(C(=O)NC(C)Cc3ncccc3C)c(=O)[nH]2)cc1. The minimum atomic E-state index is -0.424. The summed E-state index contributed by atoms with van der Waals surface area (Å²) in [6.45, 7) is 3.88. The summed E-state index contributed by atoms with van der Waals surface area (Å²) in [5.74, 6) is 0.336. The predicted octanol–water partition coefficient (Wildman–Crippen LogP) is 3.11. The summed E-state index contributed by atoms with van der Waals surface area (Å²) in [5.41, 5.74) is 3.14. The van der Waals surface area contributed by atoms with E-state index in [4.69, 9.17) is 4.74 Å². The van der Waals surface area contributed by atoms with Gasteiger partial charge in [-0.15, -0.1) is 0 Å². The largest absolute Gasteiger partial charge is 0.497 e. The molecule has 2 aromatic heterocycles. The van der Waals surface area contributed by atoms with E-state index in [9.17, 15) is 9.59 Å². The molecule has 0 spiro atoms. The summed E-state index contributed by atoms with van der Waals surface area (Å²) < 4.78 is 5.14. The zero-order chi connectivity index (χ0) is 20.1. The van der Waals surface area contributed by atoms with Crippen molar-refractivity contribution in [1.82, 2.24) is 15.3 Å². The highest BCUT2D eigenvalue weighted by atomic mass is 16.5. The van der Waals surface area contributed by atoms with Crippen LogP contribution in [0.5, 0.6) is 5.75 Å². The monoisotopic (exact) mass is 377 g/mol. The number of hydrogen-bond donors (Lipinski definition) is 2. The standard InChI is InChI=1S/C22H23N3O3/c1-14-5-4-12-23-20(14)13-15(2)24-21(26)18-10-11-19(25-22(18)27)16-6-8-17(28-3)9-7-16/h4-12,15H,13H2,1-3H3,(H,24,26)(H,25,27). The molecule has 0 saturated heterocycles. The fourth-order valence-corrected chi connectivity index (χ4v) is 2.97. The Morgan fingerprint density at radius 1 is 1.18 bits per heavy atom. The second-order valence-electron chi connectivity index (χ2n) is 6.69. The Hall–Kier alpha value is -3.41. The molecule has 2 heterocycles. The first-order valence-electron chi connectivity index (χ1n) is 9.07. The number of benzene rings is 1. The molecule has 0 aliphatic carbocycles. The van der Waals surface area contributed by atoms with Crippen LogP contribution in [-0.2, 0) is 6.42 Å². The van der Waals surface area contributed by atoms with E-state index in [1.165, 1.54) is 0 Å². The van der Waals surface area contributed by atoms with Crippen LogP contribution in [0.3, 0.4) is 0 Å². The molecule has 0 aliphatic rings. The van der Waals surface area contributed by atoms with Crippen LogP contribution < -0.4 is 15.6 Å². The smallest absolute Gasteiger partial charge is 0.261 e. The average molecular weight is 377 g/mol. The van der Waals surface area contributed by atoms with Crippen molar-refractivity contribution in [3.05, 3.63) is 81.9 Å². The number of hydrogen-bond acceptors (Lipinski definition) is 4. The second-order valence-corrected chi connectivity index (χ2v) is 6.69. The minimum Gasteiger partial charge on any atom is -0.497 e. The Balaban J connectivity index is 1.71. The molecule has 3 rings (SSSR count). The number of H-pyrrole nitrogens is 1. The number of nitrogens with one attached hydrogen (secondary N) is 2. The van der Waals surface area contributed by atoms with E-state index in [0.717, 1.165) is 22.6 Å². The molecular weight excluding hydrogens is 354 g/mol. The average Bonchev–Trinajstić information content (AvgIpc) is 2.69. The normalized spacial score (nSPS) is 11.7. The molecule has 1 atom stereocenters. The third kappa shape index (κ3) is 4.46. The first-order chi connectivity index (χ1) is 13.5. The van der Waals surface area contributed by atoms with Gasteiger partial charge in [0.05, 0.1) is 7.11 Å². The summed E-state index contributed by atoms with van der Waals surface area (Å²) in [6.07, 6.45) is 2.33. The maximum absolute atomic E-state index is 12.5. The van der Waals surface area contributed by atoms with Gasteiger partial charge in [0.2, 0.25) is 0 Å². The maximum Gasteiger partial charge on any atom is 0.261 e. The van der Waals surface area contributed by atoms with Crippen molar-refractivity contribution in [1.29, 1.82) is 0 Å². The highest BCUT2D eigenvalue weighted by molar-refractivity contribution is 5.94. The van der Waals surface area contributed by atoms with Crippen LogP contribution in [0.1, 0.15) is 28.5 Å². The zero-order valence-electron chi connectivity index (χ0n) is 16.2. The Kier molecular flexibility index (Phi) is 5.89. The van der Waals surface area contributed by atoms with Crippen molar-refractivity contribution < 1.29 is 9.53 Å². The molecule has 0 bridgehead atoms. The predicted molar refractivity (Wildman–Crippen MR) is 109 cm³/mol.